The molecule has 48 heavy (non-hydrogen) atoms. The second-order valence-electron chi connectivity index (χ2n) is 12.6. The van der Waals surface area contributed by atoms with Crippen LogP contribution in [0.1, 0.15) is 60.1 Å². The van der Waals surface area contributed by atoms with E-state index in [9.17, 15) is 9.59 Å². The zero-order valence-corrected chi connectivity index (χ0v) is 29.3. The van der Waals surface area contributed by atoms with Crippen molar-refractivity contribution < 1.29 is 23.5 Å². The third-order valence-electron chi connectivity index (χ3n) is 9.25. The van der Waals surface area contributed by atoms with Crippen LogP contribution in [-0.2, 0) is 9.53 Å². The summed E-state index contributed by atoms with van der Waals surface area (Å²) >= 11 is 15.0. The monoisotopic (exact) mass is 709 g/mol. The minimum absolute atomic E-state index is 0.154. The van der Waals surface area contributed by atoms with E-state index in [0.29, 0.717) is 56.9 Å². The standard InChI is InChI=1S/C35H34Cl2FN5O4S/c1-16(2)30(41-35(45)46-5)33(44)42-10-6-7-25(42)32-39-15-23(40-32)19-12-22(38)28-26(13-19)47-34(27-11-17(3)18(4)48-27)43-24-9-8-20(36)14-21(24)29(37)31(28)43/h8-9,11-16,25,30,34H,6-7,10H2,1-5H3,(H,39,40)(H,41,45)/t25-,30+,34?/m0/s1. The number of aromatic nitrogens is 3. The molecule has 1 unspecified atom stereocenters. The Balaban J connectivity index is 1.27. The number of carbonyl (C=O) groups is 2. The molecule has 2 amide bonds. The lowest BCUT2D eigenvalue weighted by atomic mass is 10.0. The smallest absolute Gasteiger partial charge is 0.407 e. The van der Waals surface area contributed by atoms with Gasteiger partial charge in [0.15, 0.2) is 0 Å². The molecule has 0 spiro atoms. The molecule has 3 aromatic heterocycles. The molecule has 1 saturated heterocycles. The average Bonchev–Trinajstić information content (AvgIpc) is 3.85. The van der Waals surface area contributed by atoms with Gasteiger partial charge in [-0.3, -0.25) is 9.36 Å². The molecule has 7 rings (SSSR count). The lowest BCUT2D eigenvalue weighted by molar-refractivity contribution is -0.135. The molecule has 0 aliphatic carbocycles. The maximum atomic E-state index is 16.3. The number of H-pyrrole nitrogens is 1. The number of halogens is 3. The van der Waals surface area contributed by atoms with Gasteiger partial charge in [-0.1, -0.05) is 37.0 Å². The molecule has 2 aromatic carbocycles. The minimum atomic E-state index is -0.748. The van der Waals surface area contributed by atoms with Gasteiger partial charge in [0.2, 0.25) is 12.1 Å². The number of nitrogens with one attached hydrogen (secondary N) is 2. The van der Waals surface area contributed by atoms with Crippen LogP contribution in [0.3, 0.4) is 0 Å². The third-order valence-corrected chi connectivity index (χ3v) is 11.0. The van der Waals surface area contributed by atoms with Crippen LogP contribution in [0.4, 0.5) is 9.18 Å². The van der Waals surface area contributed by atoms with Crippen LogP contribution in [0.5, 0.6) is 5.75 Å². The normalized spacial score (nSPS) is 17.7. The van der Waals surface area contributed by atoms with Crippen LogP contribution in [0.15, 0.2) is 42.6 Å². The number of fused-ring (bicyclic) bond motifs is 5. The van der Waals surface area contributed by atoms with Crippen molar-refractivity contribution in [3.63, 3.8) is 0 Å². The predicted octanol–water partition coefficient (Wildman–Crippen LogP) is 8.81. The second-order valence-corrected chi connectivity index (χ2v) is 14.7. The highest BCUT2D eigenvalue weighted by Crippen LogP contribution is 2.51. The fourth-order valence-corrected chi connectivity index (χ4v) is 8.28. The summed E-state index contributed by atoms with van der Waals surface area (Å²) in [4.78, 5) is 37.4. The minimum Gasteiger partial charge on any atom is -0.464 e. The maximum Gasteiger partial charge on any atom is 0.407 e. The van der Waals surface area contributed by atoms with Crippen LogP contribution in [0, 0.1) is 25.6 Å². The van der Waals surface area contributed by atoms with Crippen LogP contribution in [0.2, 0.25) is 10.0 Å². The molecule has 5 aromatic rings. The van der Waals surface area contributed by atoms with Gasteiger partial charge in [-0.15, -0.1) is 11.3 Å². The van der Waals surface area contributed by atoms with Crippen molar-refractivity contribution in [2.45, 2.75) is 58.8 Å². The number of hydrogen-bond donors (Lipinski definition) is 2. The number of amides is 2. The molecule has 0 saturated carbocycles. The van der Waals surface area contributed by atoms with Crippen molar-refractivity contribution in [2.75, 3.05) is 13.7 Å². The molecule has 0 bridgehead atoms. The highest BCUT2D eigenvalue weighted by atomic mass is 35.5. The number of carbonyl (C=O) groups excluding carboxylic acids is 2. The SMILES string of the molecule is COC(=O)N[C@@H](C(=O)N1CCC[C@H]1c1ncc(-c2cc(F)c3c(c2)OC(c2cc(C)c(C)s2)n2c-3c(Cl)c3cc(Cl)ccc32)[nH]1)C(C)C. The van der Waals surface area contributed by atoms with E-state index in [-0.39, 0.29) is 23.4 Å². The van der Waals surface area contributed by atoms with Crippen molar-refractivity contribution in [3.8, 4) is 28.3 Å². The average molecular weight is 711 g/mol. The first-order valence-corrected chi connectivity index (χ1v) is 17.3. The fourth-order valence-electron chi connectivity index (χ4n) is 6.71. The van der Waals surface area contributed by atoms with E-state index in [4.69, 9.17) is 32.7 Å². The van der Waals surface area contributed by atoms with Crippen molar-refractivity contribution in [1.29, 1.82) is 0 Å². The number of aryl methyl sites for hydroxylation is 2. The van der Waals surface area contributed by atoms with E-state index >= 15 is 4.39 Å². The number of thiophene rings is 1. The summed E-state index contributed by atoms with van der Waals surface area (Å²) < 4.78 is 29.7. The summed E-state index contributed by atoms with van der Waals surface area (Å²) in [7, 11) is 1.27. The Morgan fingerprint density at radius 1 is 1.19 bits per heavy atom. The van der Waals surface area contributed by atoms with Crippen molar-refractivity contribution in [1.82, 2.24) is 24.8 Å². The van der Waals surface area contributed by atoms with Gasteiger partial charge in [0, 0.05) is 27.4 Å². The van der Waals surface area contributed by atoms with Crippen molar-refractivity contribution in [3.05, 3.63) is 79.6 Å². The number of rotatable bonds is 6. The third kappa shape index (κ3) is 5.41. The topological polar surface area (TPSA) is 101 Å². The van der Waals surface area contributed by atoms with Crippen molar-refractivity contribution >= 4 is 57.4 Å². The Labute approximate surface area is 291 Å². The highest BCUT2D eigenvalue weighted by molar-refractivity contribution is 7.12. The molecule has 250 valence electrons. The van der Waals surface area contributed by atoms with Gasteiger partial charge in [-0.05, 0) is 74.6 Å². The maximum absolute atomic E-state index is 16.3. The lowest BCUT2D eigenvalue weighted by Crippen LogP contribution is -2.51. The molecule has 3 atom stereocenters. The largest absolute Gasteiger partial charge is 0.464 e. The number of nitrogens with zero attached hydrogens (tertiary/aromatic N) is 3. The molecule has 5 heterocycles. The van der Waals surface area contributed by atoms with Gasteiger partial charge in [-0.2, -0.15) is 0 Å². The van der Waals surface area contributed by atoms with E-state index in [0.717, 1.165) is 27.3 Å². The zero-order chi connectivity index (χ0) is 34.0. The van der Waals surface area contributed by atoms with Gasteiger partial charge >= 0.3 is 6.09 Å². The Morgan fingerprint density at radius 2 is 1.98 bits per heavy atom. The number of methoxy groups -OCH3 is 1. The molecule has 2 aliphatic rings. The lowest BCUT2D eigenvalue weighted by Gasteiger charge is -2.30. The summed E-state index contributed by atoms with van der Waals surface area (Å²) in [5.41, 5.74) is 3.83. The Bertz CT molecular complexity index is 2070. The zero-order valence-electron chi connectivity index (χ0n) is 27.0. The number of aromatic amines is 1. The van der Waals surface area contributed by atoms with Crippen molar-refractivity contribution in [2.24, 2.45) is 5.92 Å². The molecule has 0 radical (unpaired) electrons. The summed E-state index contributed by atoms with van der Waals surface area (Å²) in [6.07, 6.45) is 1.87. The molecular formula is C35H34Cl2FN5O4S. The van der Waals surface area contributed by atoms with Gasteiger partial charge < -0.3 is 24.7 Å². The van der Waals surface area contributed by atoms with E-state index in [2.05, 4.69) is 35.2 Å². The molecular weight excluding hydrogens is 676 g/mol. The first kappa shape index (κ1) is 32.5. The second kappa shape index (κ2) is 12.4. The molecule has 2 N–H and O–H groups in total. The molecule has 1 fully saturated rings. The Kier molecular flexibility index (Phi) is 8.41. The van der Waals surface area contributed by atoms with Crippen LogP contribution < -0.4 is 10.1 Å². The molecule has 13 heteroatoms. The van der Waals surface area contributed by atoms with E-state index in [1.807, 2.05) is 24.5 Å². The number of likely N-dealkylation sites (tertiary alicyclic amines) is 1. The van der Waals surface area contributed by atoms with Crippen LogP contribution in [0.25, 0.3) is 33.4 Å². The van der Waals surface area contributed by atoms with Gasteiger partial charge in [-0.25, -0.2) is 14.2 Å². The van der Waals surface area contributed by atoms with Gasteiger partial charge in [0.25, 0.3) is 0 Å². The Morgan fingerprint density at radius 3 is 2.69 bits per heavy atom. The molecule has 2 aliphatic heterocycles. The number of benzene rings is 2. The number of alkyl carbamates (subject to hydrolysis) is 1. The van der Waals surface area contributed by atoms with E-state index in [1.54, 1.807) is 40.6 Å². The summed E-state index contributed by atoms with van der Waals surface area (Å²) in [6, 6.07) is 9.71. The molecule has 9 nitrogen and oxygen atoms in total. The Hall–Kier alpha value is -4.06. The number of ether oxygens (including phenoxy) is 2. The summed E-state index contributed by atoms with van der Waals surface area (Å²) in [6.45, 7) is 8.38. The first-order chi connectivity index (χ1) is 23.0. The number of hydrogen-bond acceptors (Lipinski definition) is 6. The summed E-state index contributed by atoms with van der Waals surface area (Å²) in [5.74, 6) is 0.0719. The van der Waals surface area contributed by atoms with Gasteiger partial charge in [0.1, 0.15) is 23.4 Å². The van der Waals surface area contributed by atoms with Crippen LogP contribution >= 0.6 is 34.5 Å². The van der Waals surface area contributed by atoms with Gasteiger partial charge in [0.05, 0.1) is 51.7 Å². The van der Waals surface area contributed by atoms with E-state index < -0.39 is 24.2 Å². The highest BCUT2D eigenvalue weighted by Gasteiger charge is 2.38. The van der Waals surface area contributed by atoms with E-state index in [1.165, 1.54) is 13.2 Å². The fraction of sp³-hybridized carbons (Fsp3) is 0.343. The quantitative estimate of drug-likeness (QED) is 0.184. The summed E-state index contributed by atoms with van der Waals surface area (Å²) in [5, 5.41) is 4.31. The number of imidazole rings is 1. The first-order valence-electron chi connectivity index (χ1n) is 15.7. The predicted molar refractivity (Wildman–Crippen MR) is 185 cm³/mol. The van der Waals surface area contributed by atoms with Crippen LogP contribution in [-0.4, -0.2) is 51.1 Å².